The van der Waals surface area contributed by atoms with Crippen molar-refractivity contribution in [3.63, 3.8) is 0 Å². The second-order valence-electron chi connectivity index (χ2n) is 3.45. The molecule has 0 aromatic carbocycles. The monoisotopic (exact) mass is 158 g/mol. The van der Waals surface area contributed by atoms with Crippen LogP contribution in [0, 0.1) is 0 Å². The standard InChI is InChI=1S/C8H18N2O/c1-6(5-11-2)10-8-3-7(9)4-8/h6-8,10H,3-5,9H2,1-2H3. The van der Waals surface area contributed by atoms with Gasteiger partial charge in [-0.2, -0.15) is 0 Å². The van der Waals surface area contributed by atoms with Crippen LogP contribution < -0.4 is 11.1 Å². The normalized spacial score (nSPS) is 33.0. The zero-order chi connectivity index (χ0) is 8.27. The first kappa shape index (κ1) is 8.97. The highest BCUT2D eigenvalue weighted by Crippen LogP contribution is 2.17. The number of methoxy groups -OCH3 is 1. The molecule has 3 heteroatoms. The van der Waals surface area contributed by atoms with Gasteiger partial charge < -0.3 is 15.8 Å². The van der Waals surface area contributed by atoms with Gasteiger partial charge in [0.2, 0.25) is 0 Å². The second kappa shape index (κ2) is 4.04. The molecule has 0 aromatic heterocycles. The molecular weight excluding hydrogens is 140 g/mol. The predicted octanol–water partition coefficient (Wildman–Crippen LogP) is 0.101. The van der Waals surface area contributed by atoms with E-state index in [0.717, 1.165) is 19.4 Å². The zero-order valence-electron chi connectivity index (χ0n) is 7.34. The van der Waals surface area contributed by atoms with Crippen molar-refractivity contribution in [3.05, 3.63) is 0 Å². The molecule has 0 radical (unpaired) electrons. The maximum atomic E-state index is 5.65. The van der Waals surface area contributed by atoms with E-state index in [1.54, 1.807) is 7.11 Å². The third-order valence-electron chi connectivity index (χ3n) is 2.11. The highest BCUT2D eigenvalue weighted by molar-refractivity contribution is 4.88. The molecule has 0 saturated heterocycles. The van der Waals surface area contributed by atoms with Crippen LogP contribution in [0.5, 0.6) is 0 Å². The lowest BCUT2D eigenvalue weighted by Gasteiger charge is -2.35. The quantitative estimate of drug-likeness (QED) is 0.610. The number of hydrogen-bond donors (Lipinski definition) is 2. The Bertz CT molecular complexity index is 110. The first-order valence-corrected chi connectivity index (χ1v) is 4.23. The van der Waals surface area contributed by atoms with Crippen molar-refractivity contribution in [2.24, 2.45) is 5.73 Å². The van der Waals surface area contributed by atoms with E-state index >= 15 is 0 Å². The van der Waals surface area contributed by atoms with Gasteiger partial charge in [0.15, 0.2) is 0 Å². The highest BCUT2D eigenvalue weighted by Gasteiger charge is 2.26. The fourth-order valence-corrected chi connectivity index (χ4v) is 1.50. The van der Waals surface area contributed by atoms with E-state index in [2.05, 4.69) is 12.2 Å². The van der Waals surface area contributed by atoms with Crippen molar-refractivity contribution in [3.8, 4) is 0 Å². The minimum atomic E-state index is 0.433. The van der Waals surface area contributed by atoms with Gasteiger partial charge in [0.1, 0.15) is 0 Å². The van der Waals surface area contributed by atoms with Crippen LogP contribution in [0.4, 0.5) is 0 Å². The number of hydrogen-bond acceptors (Lipinski definition) is 3. The molecule has 1 atom stereocenters. The smallest absolute Gasteiger partial charge is 0.0613 e. The second-order valence-corrected chi connectivity index (χ2v) is 3.45. The van der Waals surface area contributed by atoms with Crippen LogP contribution in [-0.4, -0.2) is 31.8 Å². The molecule has 0 spiro atoms. The van der Waals surface area contributed by atoms with Crippen molar-refractivity contribution < 1.29 is 4.74 Å². The van der Waals surface area contributed by atoms with E-state index in [4.69, 9.17) is 10.5 Å². The topological polar surface area (TPSA) is 47.3 Å². The molecule has 0 amide bonds. The summed E-state index contributed by atoms with van der Waals surface area (Å²) in [4.78, 5) is 0. The third-order valence-corrected chi connectivity index (χ3v) is 2.11. The molecule has 3 N–H and O–H groups in total. The predicted molar refractivity (Wildman–Crippen MR) is 45.5 cm³/mol. The van der Waals surface area contributed by atoms with Gasteiger partial charge in [-0.05, 0) is 19.8 Å². The summed E-state index contributed by atoms with van der Waals surface area (Å²) >= 11 is 0. The van der Waals surface area contributed by atoms with Crippen molar-refractivity contribution >= 4 is 0 Å². The number of rotatable bonds is 4. The third kappa shape index (κ3) is 2.77. The van der Waals surface area contributed by atoms with Gasteiger partial charge in [-0.1, -0.05) is 0 Å². The first-order chi connectivity index (χ1) is 5.22. The van der Waals surface area contributed by atoms with E-state index < -0.39 is 0 Å². The molecule has 0 heterocycles. The van der Waals surface area contributed by atoms with Crippen molar-refractivity contribution in [2.45, 2.75) is 37.9 Å². The van der Waals surface area contributed by atoms with Crippen LogP contribution in [0.2, 0.25) is 0 Å². The van der Waals surface area contributed by atoms with Gasteiger partial charge in [-0.3, -0.25) is 0 Å². The Morgan fingerprint density at radius 3 is 2.73 bits per heavy atom. The molecule has 1 rings (SSSR count). The van der Waals surface area contributed by atoms with Crippen molar-refractivity contribution in [1.29, 1.82) is 0 Å². The molecule has 1 aliphatic rings. The average Bonchev–Trinajstić information content (AvgIpc) is 1.85. The molecule has 11 heavy (non-hydrogen) atoms. The summed E-state index contributed by atoms with van der Waals surface area (Å²) in [5.74, 6) is 0. The fourth-order valence-electron chi connectivity index (χ4n) is 1.50. The van der Waals surface area contributed by atoms with Crippen LogP contribution in [-0.2, 0) is 4.74 Å². The summed E-state index contributed by atoms with van der Waals surface area (Å²) < 4.78 is 5.01. The summed E-state index contributed by atoms with van der Waals surface area (Å²) in [5.41, 5.74) is 5.65. The maximum absolute atomic E-state index is 5.65. The van der Waals surface area contributed by atoms with Crippen molar-refractivity contribution in [2.75, 3.05) is 13.7 Å². The molecule has 1 aliphatic carbocycles. The molecule has 0 aliphatic heterocycles. The van der Waals surface area contributed by atoms with Gasteiger partial charge in [0.25, 0.3) is 0 Å². The lowest BCUT2D eigenvalue weighted by Crippen LogP contribution is -2.51. The Labute approximate surface area is 68.3 Å². The lowest BCUT2D eigenvalue weighted by molar-refractivity contribution is 0.153. The summed E-state index contributed by atoms with van der Waals surface area (Å²) in [6.45, 7) is 2.92. The molecule has 0 aromatic rings. The number of ether oxygens (including phenoxy) is 1. The van der Waals surface area contributed by atoms with Crippen molar-refractivity contribution in [1.82, 2.24) is 5.32 Å². The Hall–Kier alpha value is -0.120. The van der Waals surface area contributed by atoms with Gasteiger partial charge in [0.05, 0.1) is 6.61 Å². The summed E-state index contributed by atoms with van der Waals surface area (Å²) in [6.07, 6.45) is 2.24. The Kier molecular flexibility index (Phi) is 3.30. The van der Waals surface area contributed by atoms with E-state index in [0.29, 0.717) is 18.1 Å². The average molecular weight is 158 g/mol. The largest absolute Gasteiger partial charge is 0.383 e. The molecule has 1 saturated carbocycles. The van der Waals surface area contributed by atoms with Crippen LogP contribution in [0.15, 0.2) is 0 Å². The molecular formula is C8H18N2O. The minimum absolute atomic E-state index is 0.433. The number of nitrogens with one attached hydrogen (secondary N) is 1. The molecule has 1 unspecified atom stereocenters. The van der Waals surface area contributed by atoms with E-state index in [9.17, 15) is 0 Å². The van der Waals surface area contributed by atoms with Crippen LogP contribution in [0.1, 0.15) is 19.8 Å². The molecule has 0 bridgehead atoms. The Balaban J connectivity index is 2.02. The molecule has 66 valence electrons. The summed E-state index contributed by atoms with van der Waals surface area (Å²) in [7, 11) is 1.73. The van der Waals surface area contributed by atoms with E-state index in [1.807, 2.05) is 0 Å². The van der Waals surface area contributed by atoms with Crippen LogP contribution in [0.25, 0.3) is 0 Å². The summed E-state index contributed by atoms with van der Waals surface area (Å²) in [5, 5.41) is 3.44. The highest BCUT2D eigenvalue weighted by atomic mass is 16.5. The van der Waals surface area contributed by atoms with Crippen LogP contribution in [0.3, 0.4) is 0 Å². The first-order valence-electron chi connectivity index (χ1n) is 4.23. The maximum Gasteiger partial charge on any atom is 0.0613 e. The lowest BCUT2D eigenvalue weighted by atomic mass is 9.87. The Morgan fingerprint density at radius 1 is 1.64 bits per heavy atom. The van der Waals surface area contributed by atoms with E-state index in [-0.39, 0.29) is 0 Å². The summed E-state index contributed by atoms with van der Waals surface area (Å²) in [6, 6.07) is 1.52. The van der Waals surface area contributed by atoms with Gasteiger partial charge in [-0.25, -0.2) is 0 Å². The SMILES string of the molecule is COCC(C)NC1CC(N)C1. The van der Waals surface area contributed by atoms with Crippen LogP contribution >= 0.6 is 0 Å². The van der Waals surface area contributed by atoms with Gasteiger partial charge in [-0.15, -0.1) is 0 Å². The fraction of sp³-hybridized carbons (Fsp3) is 1.00. The minimum Gasteiger partial charge on any atom is -0.383 e. The molecule has 3 nitrogen and oxygen atoms in total. The Morgan fingerprint density at radius 2 is 2.27 bits per heavy atom. The van der Waals surface area contributed by atoms with Gasteiger partial charge >= 0.3 is 0 Å². The number of nitrogens with two attached hydrogens (primary N) is 1. The van der Waals surface area contributed by atoms with Gasteiger partial charge in [0, 0.05) is 25.2 Å². The van der Waals surface area contributed by atoms with E-state index in [1.165, 1.54) is 0 Å². The molecule has 1 fully saturated rings. The zero-order valence-corrected chi connectivity index (χ0v) is 7.34.